The van der Waals surface area contributed by atoms with Crippen molar-refractivity contribution in [1.29, 1.82) is 0 Å². The molecule has 3 amide bonds. The number of rotatable bonds is 9. The Morgan fingerprint density at radius 3 is 2.49 bits per heavy atom. The average Bonchev–Trinajstić information content (AvgIpc) is 3.31. The van der Waals surface area contributed by atoms with Crippen molar-refractivity contribution in [1.82, 2.24) is 19.7 Å². The molecule has 43 heavy (non-hydrogen) atoms. The van der Waals surface area contributed by atoms with Gasteiger partial charge in [0.15, 0.2) is 0 Å². The molecule has 7 rings (SSSR count). The third-order valence-corrected chi connectivity index (χ3v) is 9.49. The minimum Gasteiger partial charge on any atom is -0.355 e. The van der Waals surface area contributed by atoms with Gasteiger partial charge in [0.2, 0.25) is 5.91 Å². The van der Waals surface area contributed by atoms with E-state index in [1.165, 1.54) is 0 Å². The van der Waals surface area contributed by atoms with E-state index in [1.54, 1.807) is 17.0 Å². The molecule has 2 bridgehead atoms. The van der Waals surface area contributed by atoms with Crippen molar-refractivity contribution < 1.29 is 14.4 Å². The predicted molar refractivity (Wildman–Crippen MR) is 163 cm³/mol. The molecule has 4 aliphatic rings. The minimum absolute atomic E-state index is 0.0542. The van der Waals surface area contributed by atoms with Gasteiger partial charge in [-0.25, -0.2) is 0 Å². The highest BCUT2D eigenvalue weighted by Gasteiger charge is 2.47. The Labute approximate surface area is 251 Å². The van der Waals surface area contributed by atoms with Crippen LogP contribution in [0.15, 0.2) is 71.5 Å². The molecule has 3 atom stereocenters. The van der Waals surface area contributed by atoms with E-state index in [0.717, 1.165) is 63.1 Å². The maximum Gasteiger partial charge on any atom is 0.260 e. The number of para-hydroxylation sites is 1. The second-order valence-electron chi connectivity index (χ2n) is 12.3. The average molecular weight is 580 g/mol. The van der Waals surface area contributed by atoms with Crippen molar-refractivity contribution in [2.45, 2.75) is 50.7 Å². The van der Waals surface area contributed by atoms with Crippen molar-refractivity contribution in [2.75, 3.05) is 37.6 Å². The summed E-state index contributed by atoms with van der Waals surface area (Å²) in [6.07, 6.45) is 3.46. The van der Waals surface area contributed by atoms with Gasteiger partial charge in [0, 0.05) is 74.5 Å². The number of unbranched alkanes of at least 4 members (excludes halogenated alkanes) is 2. The van der Waals surface area contributed by atoms with Crippen molar-refractivity contribution in [2.24, 2.45) is 5.92 Å². The van der Waals surface area contributed by atoms with E-state index in [9.17, 15) is 19.2 Å². The number of piperidine rings is 1. The first-order valence-corrected chi connectivity index (χ1v) is 15.5. The fraction of sp³-hybridized carbons (Fsp3) is 0.412. The predicted octanol–water partition coefficient (Wildman–Crippen LogP) is 3.76. The van der Waals surface area contributed by atoms with Crippen LogP contribution in [0.1, 0.15) is 76.2 Å². The smallest absolute Gasteiger partial charge is 0.260 e. The Bertz CT molecular complexity index is 1630. The summed E-state index contributed by atoms with van der Waals surface area (Å²) < 4.78 is 1.94. The lowest BCUT2D eigenvalue weighted by Crippen LogP contribution is -2.48. The molecule has 0 unspecified atom stereocenters. The van der Waals surface area contributed by atoms with Gasteiger partial charge < -0.3 is 19.7 Å². The van der Waals surface area contributed by atoms with Crippen LogP contribution in [0.5, 0.6) is 0 Å². The Hall–Kier alpha value is -4.24. The molecule has 1 fully saturated rings. The second-order valence-corrected chi connectivity index (χ2v) is 12.3. The van der Waals surface area contributed by atoms with Crippen LogP contribution in [0.4, 0.5) is 5.69 Å². The summed E-state index contributed by atoms with van der Waals surface area (Å²) in [7, 11) is 0. The SMILES string of the molecule is O=C(CCCCCN1C(=O)c2ccccc2N2C(=O)c3ccccc3[C@H]12)NCCN1C[C@H]2C[C@@H](C1)c1cccc(=O)n1C2. The van der Waals surface area contributed by atoms with Gasteiger partial charge in [-0.1, -0.05) is 42.8 Å². The largest absolute Gasteiger partial charge is 0.355 e. The van der Waals surface area contributed by atoms with Crippen LogP contribution in [0.2, 0.25) is 0 Å². The third kappa shape index (κ3) is 5.05. The number of aromatic nitrogens is 1. The highest BCUT2D eigenvalue weighted by Crippen LogP contribution is 2.45. The maximum absolute atomic E-state index is 13.5. The molecule has 1 aromatic heterocycles. The topological polar surface area (TPSA) is 95.0 Å². The lowest BCUT2D eigenvalue weighted by molar-refractivity contribution is -0.121. The van der Waals surface area contributed by atoms with Crippen LogP contribution >= 0.6 is 0 Å². The van der Waals surface area contributed by atoms with Crippen LogP contribution in [0.25, 0.3) is 0 Å². The fourth-order valence-corrected chi connectivity index (χ4v) is 7.56. The van der Waals surface area contributed by atoms with Gasteiger partial charge >= 0.3 is 0 Å². The van der Waals surface area contributed by atoms with Crippen molar-refractivity contribution in [3.63, 3.8) is 0 Å². The molecular weight excluding hydrogens is 542 g/mol. The van der Waals surface area contributed by atoms with Crippen molar-refractivity contribution in [3.05, 3.63) is 99.5 Å². The number of anilines is 1. The van der Waals surface area contributed by atoms with Crippen LogP contribution in [0.3, 0.4) is 0 Å². The number of benzene rings is 2. The summed E-state index contributed by atoms with van der Waals surface area (Å²) in [4.78, 5) is 57.7. The van der Waals surface area contributed by atoms with Gasteiger partial charge in [-0.2, -0.15) is 0 Å². The number of likely N-dealkylation sites (tertiary alicyclic amines) is 1. The van der Waals surface area contributed by atoms with Gasteiger partial charge in [0.25, 0.3) is 17.4 Å². The maximum atomic E-state index is 13.5. The zero-order valence-corrected chi connectivity index (χ0v) is 24.3. The molecule has 222 valence electrons. The number of fused-ring (bicyclic) bond motifs is 9. The van der Waals surface area contributed by atoms with E-state index in [-0.39, 0.29) is 23.3 Å². The lowest BCUT2D eigenvalue weighted by atomic mass is 9.83. The zero-order valence-electron chi connectivity index (χ0n) is 24.3. The molecule has 4 aliphatic heterocycles. The number of nitrogens with one attached hydrogen (secondary N) is 1. The van der Waals surface area contributed by atoms with E-state index in [0.29, 0.717) is 48.2 Å². The number of carbonyl (C=O) groups excluding carboxylic acids is 3. The van der Waals surface area contributed by atoms with Gasteiger partial charge in [0.05, 0.1) is 11.3 Å². The van der Waals surface area contributed by atoms with E-state index >= 15 is 0 Å². The summed E-state index contributed by atoms with van der Waals surface area (Å²) in [5, 5.41) is 3.08. The van der Waals surface area contributed by atoms with Crippen LogP contribution < -0.4 is 15.8 Å². The number of hydrogen-bond acceptors (Lipinski definition) is 5. The zero-order chi connectivity index (χ0) is 29.5. The molecule has 1 saturated heterocycles. The van der Waals surface area contributed by atoms with Gasteiger partial charge in [-0.3, -0.25) is 24.1 Å². The fourth-order valence-electron chi connectivity index (χ4n) is 7.56. The Morgan fingerprint density at radius 1 is 0.791 bits per heavy atom. The van der Waals surface area contributed by atoms with E-state index in [2.05, 4.69) is 16.3 Å². The summed E-state index contributed by atoms with van der Waals surface area (Å²) in [5.41, 5.74) is 3.97. The van der Waals surface area contributed by atoms with Crippen LogP contribution in [-0.2, 0) is 11.3 Å². The highest BCUT2D eigenvalue weighted by molar-refractivity contribution is 6.16. The van der Waals surface area contributed by atoms with Gasteiger partial charge in [-0.05, 0) is 49.4 Å². The lowest BCUT2D eigenvalue weighted by Gasteiger charge is -2.42. The Balaban J connectivity index is 0.881. The first kappa shape index (κ1) is 27.6. The molecule has 0 saturated carbocycles. The third-order valence-electron chi connectivity index (χ3n) is 9.49. The molecule has 5 heterocycles. The van der Waals surface area contributed by atoms with Crippen LogP contribution in [0, 0.1) is 5.92 Å². The van der Waals surface area contributed by atoms with Crippen molar-refractivity contribution in [3.8, 4) is 0 Å². The Morgan fingerprint density at radius 2 is 1.60 bits per heavy atom. The number of nitrogens with zero attached hydrogens (tertiary/aromatic N) is 4. The highest BCUT2D eigenvalue weighted by atomic mass is 16.2. The molecule has 9 nitrogen and oxygen atoms in total. The molecule has 0 aliphatic carbocycles. The van der Waals surface area contributed by atoms with Gasteiger partial charge in [0.1, 0.15) is 6.17 Å². The summed E-state index contributed by atoms with van der Waals surface area (Å²) in [5.74, 6) is 0.774. The quantitative estimate of drug-likeness (QED) is 0.390. The van der Waals surface area contributed by atoms with Gasteiger partial charge in [-0.15, -0.1) is 0 Å². The second kappa shape index (κ2) is 11.4. The molecule has 3 aromatic rings. The number of amides is 3. The molecule has 0 spiro atoms. The first-order chi connectivity index (χ1) is 21.0. The minimum atomic E-state index is -0.432. The summed E-state index contributed by atoms with van der Waals surface area (Å²) in [6.45, 7) is 4.61. The number of pyridine rings is 1. The van der Waals surface area contributed by atoms with E-state index in [1.807, 2.05) is 58.0 Å². The molecule has 1 N–H and O–H groups in total. The molecule has 9 heteroatoms. The molecular formula is C34H37N5O4. The van der Waals surface area contributed by atoms with Crippen molar-refractivity contribution >= 4 is 23.4 Å². The Kier molecular flexibility index (Phi) is 7.34. The molecule has 2 aromatic carbocycles. The monoisotopic (exact) mass is 579 g/mol. The van der Waals surface area contributed by atoms with E-state index < -0.39 is 6.17 Å². The summed E-state index contributed by atoms with van der Waals surface area (Å²) in [6, 6.07) is 20.5. The number of carbonyl (C=O) groups is 3. The molecule has 0 radical (unpaired) electrons. The standard InChI is InChI=1S/C34H37N5O4/c40-30(35-16-18-36-20-23-19-24(22-36)28-13-8-15-31(41)38(28)21-23)14-2-1-7-17-37-32-25-9-3-4-10-26(25)34(43)39(32)29-12-6-5-11-27(29)33(37)42/h3-6,8-13,15,23-24,32H,1-2,7,14,16-22H2,(H,35,40)/t23-,24+,32-/m1/s1. The van der Waals surface area contributed by atoms with Crippen LogP contribution in [-0.4, -0.2) is 64.8 Å². The number of hydrogen-bond donors (Lipinski definition) is 1. The first-order valence-electron chi connectivity index (χ1n) is 15.5. The summed E-state index contributed by atoms with van der Waals surface area (Å²) >= 11 is 0. The normalized spacial score (nSPS) is 22.1. The van der Waals surface area contributed by atoms with E-state index in [4.69, 9.17) is 0 Å².